The van der Waals surface area contributed by atoms with Crippen LogP contribution in [0.2, 0.25) is 0 Å². The third-order valence-corrected chi connectivity index (χ3v) is 2.15. The highest BCUT2D eigenvalue weighted by Crippen LogP contribution is 1.99. The Labute approximate surface area is 101 Å². The molecule has 98 valence electrons. The van der Waals surface area contributed by atoms with E-state index in [0.717, 1.165) is 19.6 Å². The number of hydrogen-bond donors (Lipinski definition) is 0. The lowest BCUT2D eigenvalue weighted by Crippen LogP contribution is -2.49. The first-order valence-corrected chi connectivity index (χ1v) is 6.19. The molecule has 16 heavy (non-hydrogen) atoms. The van der Waals surface area contributed by atoms with Gasteiger partial charge in [0.2, 0.25) is 5.91 Å². The highest BCUT2D eigenvalue weighted by molar-refractivity contribution is 5.78. The maximum Gasteiger partial charge on any atom is 0.236 e. The molecule has 0 aromatic rings. The summed E-state index contributed by atoms with van der Waals surface area (Å²) in [5.41, 5.74) is 0. The molecule has 0 saturated carbocycles. The van der Waals surface area contributed by atoms with Crippen molar-refractivity contribution in [3.8, 4) is 0 Å². The van der Waals surface area contributed by atoms with Gasteiger partial charge < -0.3 is 9.64 Å². The fourth-order valence-electron chi connectivity index (χ4n) is 1.22. The van der Waals surface area contributed by atoms with Crippen LogP contribution < -0.4 is 0 Å². The minimum atomic E-state index is 0.206. The molecule has 4 heteroatoms. The molecule has 1 heterocycles. The summed E-state index contributed by atoms with van der Waals surface area (Å²) in [7, 11) is 3.52. The fourth-order valence-corrected chi connectivity index (χ4v) is 1.22. The Kier molecular flexibility index (Phi) is 13.8. The summed E-state index contributed by atoms with van der Waals surface area (Å²) < 4.78 is 4.94. The van der Waals surface area contributed by atoms with Crippen LogP contribution in [-0.2, 0) is 9.53 Å². The first-order chi connectivity index (χ1) is 7.74. The molecule has 0 radical (unpaired) electrons. The molecular formula is C12H28N2O2. The molecule has 1 rings (SSSR count). The predicted molar refractivity (Wildman–Crippen MR) is 68.6 cm³/mol. The van der Waals surface area contributed by atoms with Crippen LogP contribution >= 0.6 is 0 Å². The standard InChI is InChI=1S/C8H16N2O2.2C2H6/c1-9-3-4-10(5-6-12-2)7-8(9)11;2*1-2/h3-7H2,1-2H3;2*1-2H3. The number of ether oxygens (including phenoxy) is 1. The number of likely N-dealkylation sites (N-methyl/N-ethyl adjacent to an activating group) is 1. The maximum absolute atomic E-state index is 11.2. The molecule has 0 atom stereocenters. The first kappa shape index (κ1) is 17.8. The van der Waals surface area contributed by atoms with Crippen LogP contribution in [0.1, 0.15) is 27.7 Å². The van der Waals surface area contributed by atoms with Crippen LogP contribution in [0.5, 0.6) is 0 Å². The van der Waals surface area contributed by atoms with Gasteiger partial charge in [-0.1, -0.05) is 27.7 Å². The largest absolute Gasteiger partial charge is 0.383 e. The molecule has 1 fully saturated rings. The second-order valence-electron chi connectivity index (χ2n) is 3.08. The van der Waals surface area contributed by atoms with Crippen molar-refractivity contribution in [1.82, 2.24) is 9.80 Å². The molecule has 4 nitrogen and oxygen atoms in total. The zero-order chi connectivity index (χ0) is 13.0. The van der Waals surface area contributed by atoms with E-state index in [1.54, 1.807) is 12.0 Å². The number of carbonyl (C=O) groups excluding carboxylic acids is 1. The summed E-state index contributed by atoms with van der Waals surface area (Å²) in [6, 6.07) is 0. The fraction of sp³-hybridized carbons (Fsp3) is 0.917. The number of rotatable bonds is 3. The second kappa shape index (κ2) is 12.5. The number of carbonyl (C=O) groups is 1. The first-order valence-electron chi connectivity index (χ1n) is 6.19. The molecule has 1 amide bonds. The average Bonchev–Trinajstić information content (AvgIpc) is 2.36. The Morgan fingerprint density at radius 2 is 1.75 bits per heavy atom. The monoisotopic (exact) mass is 232 g/mol. The lowest BCUT2D eigenvalue weighted by Gasteiger charge is -2.31. The topological polar surface area (TPSA) is 32.8 Å². The van der Waals surface area contributed by atoms with Gasteiger partial charge in [0, 0.05) is 33.8 Å². The zero-order valence-electron chi connectivity index (χ0n) is 11.7. The summed E-state index contributed by atoms with van der Waals surface area (Å²) in [5.74, 6) is 0.206. The van der Waals surface area contributed by atoms with Crippen LogP contribution in [0.15, 0.2) is 0 Å². The molecule has 1 aliphatic heterocycles. The van der Waals surface area contributed by atoms with Gasteiger partial charge in [-0.25, -0.2) is 0 Å². The normalized spacial score (nSPS) is 15.9. The molecule has 1 aliphatic rings. The van der Waals surface area contributed by atoms with Crippen LogP contribution in [0, 0.1) is 0 Å². The van der Waals surface area contributed by atoms with Crippen molar-refractivity contribution in [2.45, 2.75) is 27.7 Å². The molecule has 0 bridgehead atoms. The molecule has 0 N–H and O–H groups in total. The Balaban J connectivity index is 0. The van der Waals surface area contributed by atoms with Crippen molar-refractivity contribution in [3.05, 3.63) is 0 Å². The Bertz CT molecular complexity index is 161. The van der Waals surface area contributed by atoms with Crippen LogP contribution in [0.25, 0.3) is 0 Å². The van der Waals surface area contributed by atoms with Gasteiger partial charge >= 0.3 is 0 Å². The third-order valence-electron chi connectivity index (χ3n) is 2.15. The molecule has 0 aromatic heterocycles. The zero-order valence-corrected chi connectivity index (χ0v) is 11.7. The van der Waals surface area contributed by atoms with Crippen molar-refractivity contribution in [3.63, 3.8) is 0 Å². The molecule has 0 unspecified atom stereocenters. The summed E-state index contributed by atoms with van der Waals surface area (Å²) in [4.78, 5) is 15.1. The SMILES string of the molecule is CC.CC.COCCN1CCN(C)C(=O)C1. The van der Waals surface area contributed by atoms with Crippen molar-refractivity contribution >= 4 is 5.91 Å². The molecule has 0 aromatic carbocycles. The van der Waals surface area contributed by atoms with Gasteiger partial charge in [0.1, 0.15) is 0 Å². The van der Waals surface area contributed by atoms with E-state index in [2.05, 4.69) is 4.90 Å². The number of hydrogen-bond acceptors (Lipinski definition) is 3. The minimum Gasteiger partial charge on any atom is -0.383 e. The Morgan fingerprint density at radius 3 is 2.19 bits per heavy atom. The van der Waals surface area contributed by atoms with E-state index in [1.807, 2.05) is 34.7 Å². The highest BCUT2D eigenvalue weighted by Gasteiger charge is 2.19. The van der Waals surface area contributed by atoms with Crippen molar-refractivity contribution in [2.75, 3.05) is 46.9 Å². The van der Waals surface area contributed by atoms with Crippen molar-refractivity contribution in [1.29, 1.82) is 0 Å². The van der Waals surface area contributed by atoms with E-state index < -0.39 is 0 Å². The lowest BCUT2D eigenvalue weighted by atomic mass is 10.3. The van der Waals surface area contributed by atoms with Gasteiger partial charge in [-0.15, -0.1) is 0 Å². The maximum atomic E-state index is 11.2. The molecule has 0 aliphatic carbocycles. The smallest absolute Gasteiger partial charge is 0.236 e. The third kappa shape index (κ3) is 7.65. The van der Waals surface area contributed by atoms with Crippen LogP contribution in [0.3, 0.4) is 0 Å². The molecule has 1 saturated heterocycles. The van der Waals surface area contributed by atoms with Gasteiger partial charge in [0.15, 0.2) is 0 Å². The molecular weight excluding hydrogens is 204 g/mol. The number of nitrogens with zero attached hydrogens (tertiary/aromatic N) is 2. The summed E-state index contributed by atoms with van der Waals surface area (Å²) in [6.07, 6.45) is 0. The number of piperazine rings is 1. The van der Waals surface area contributed by atoms with E-state index >= 15 is 0 Å². The average molecular weight is 232 g/mol. The van der Waals surface area contributed by atoms with Gasteiger partial charge in [-0.05, 0) is 0 Å². The van der Waals surface area contributed by atoms with E-state index in [0.29, 0.717) is 13.2 Å². The summed E-state index contributed by atoms with van der Waals surface area (Å²) in [6.45, 7) is 11.9. The summed E-state index contributed by atoms with van der Waals surface area (Å²) in [5, 5.41) is 0. The van der Waals surface area contributed by atoms with Gasteiger partial charge in [-0.3, -0.25) is 9.69 Å². The number of methoxy groups -OCH3 is 1. The van der Waals surface area contributed by atoms with Crippen LogP contribution in [0.4, 0.5) is 0 Å². The predicted octanol–water partition coefficient (Wildman–Crippen LogP) is 1.46. The van der Waals surface area contributed by atoms with E-state index in [9.17, 15) is 4.79 Å². The minimum absolute atomic E-state index is 0.206. The Hall–Kier alpha value is -0.610. The quantitative estimate of drug-likeness (QED) is 0.738. The van der Waals surface area contributed by atoms with Crippen molar-refractivity contribution < 1.29 is 9.53 Å². The van der Waals surface area contributed by atoms with Gasteiger partial charge in [0.05, 0.1) is 13.2 Å². The van der Waals surface area contributed by atoms with Gasteiger partial charge in [-0.2, -0.15) is 0 Å². The second-order valence-corrected chi connectivity index (χ2v) is 3.08. The van der Waals surface area contributed by atoms with E-state index in [4.69, 9.17) is 4.74 Å². The Morgan fingerprint density at radius 1 is 1.19 bits per heavy atom. The van der Waals surface area contributed by atoms with E-state index in [1.165, 1.54) is 0 Å². The van der Waals surface area contributed by atoms with E-state index in [-0.39, 0.29) is 5.91 Å². The summed E-state index contributed by atoms with van der Waals surface area (Å²) >= 11 is 0. The van der Waals surface area contributed by atoms with Crippen molar-refractivity contribution in [2.24, 2.45) is 0 Å². The highest BCUT2D eigenvalue weighted by atomic mass is 16.5. The van der Waals surface area contributed by atoms with Crippen LogP contribution in [-0.4, -0.2) is 62.7 Å². The number of amides is 1. The lowest BCUT2D eigenvalue weighted by molar-refractivity contribution is -0.134. The molecule has 0 spiro atoms. The van der Waals surface area contributed by atoms with Gasteiger partial charge in [0.25, 0.3) is 0 Å².